The Labute approximate surface area is 136 Å². The van der Waals surface area contributed by atoms with Crippen molar-refractivity contribution in [1.29, 1.82) is 0 Å². The fourth-order valence-electron chi connectivity index (χ4n) is 2.09. The molecule has 2 rings (SSSR count). The Morgan fingerprint density at radius 1 is 1.14 bits per heavy atom. The van der Waals surface area contributed by atoms with E-state index in [2.05, 4.69) is 20.7 Å². The molecule has 1 aromatic carbocycles. The van der Waals surface area contributed by atoms with Gasteiger partial charge in [-0.15, -0.1) is 13.2 Å². The molecule has 1 heterocycles. The van der Waals surface area contributed by atoms with Crippen LogP contribution in [-0.2, 0) is 14.6 Å². The topological polar surface area (TPSA) is 27.7 Å². The lowest BCUT2D eigenvalue weighted by Gasteiger charge is -2.32. The highest BCUT2D eigenvalue weighted by molar-refractivity contribution is 9.08. The SMILES string of the molecule is CC1(C)OB(c2ccc(OC(F)(F)F)cc2CBr)OC1(C)C. The van der Waals surface area contributed by atoms with Crippen LogP contribution in [0.15, 0.2) is 18.2 Å². The van der Waals surface area contributed by atoms with Crippen LogP contribution in [0.25, 0.3) is 0 Å². The largest absolute Gasteiger partial charge is 0.573 e. The molecule has 1 aliphatic rings. The van der Waals surface area contributed by atoms with Crippen molar-refractivity contribution in [2.45, 2.75) is 50.6 Å². The van der Waals surface area contributed by atoms with Gasteiger partial charge in [0.15, 0.2) is 0 Å². The summed E-state index contributed by atoms with van der Waals surface area (Å²) in [6.45, 7) is 7.67. The highest BCUT2D eigenvalue weighted by Gasteiger charge is 2.52. The molecule has 1 saturated heterocycles. The monoisotopic (exact) mass is 380 g/mol. The molecule has 1 fully saturated rings. The van der Waals surface area contributed by atoms with Crippen LogP contribution in [0.1, 0.15) is 33.3 Å². The molecule has 122 valence electrons. The molecule has 1 aromatic rings. The minimum absolute atomic E-state index is 0.262. The summed E-state index contributed by atoms with van der Waals surface area (Å²) in [5.74, 6) is -0.262. The van der Waals surface area contributed by atoms with E-state index in [0.29, 0.717) is 16.4 Å². The van der Waals surface area contributed by atoms with Crippen LogP contribution in [0, 0.1) is 0 Å². The Balaban J connectivity index is 2.30. The summed E-state index contributed by atoms with van der Waals surface area (Å²) in [5.41, 5.74) is 0.287. The maximum absolute atomic E-state index is 12.3. The zero-order valence-corrected chi connectivity index (χ0v) is 14.3. The fraction of sp³-hybridized carbons (Fsp3) is 0.571. The van der Waals surface area contributed by atoms with Gasteiger partial charge >= 0.3 is 13.5 Å². The van der Waals surface area contributed by atoms with Crippen molar-refractivity contribution >= 4 is 28.5 Å². The Bertz CT molecular complexity index is 545. The molecule has 0 bridgehead atoms. The lowest BCUT2D eigenvalue weighted by molar-refractivity contribution is -0.274. The minimum atomic E-state index is -4.71. The lowest BCUT2D eigenvalue weighted by Crippen LogP contribution is -2.41. The van der Waals surface area contributed by atoms with Crippen LogP contribution < -0.4 is 10.2 Å². The van der Waals surface area contributed by atoms with E-state index < -0.39 is 24.7 Å². The lowest BCUT2D eigenvalue weighted by atomic mass is 9.76. The number of rotatable bonds is 3. The van der Waals surface area contributed by atoms with E-state index in [4.69, 9.17) is 9.31 Å². The number of benzene rings is 1. The minimum Gasteiger partial charge on any atom is -0.406 e. The van der Waals surface area contributed by atoms with Crippen molar-refractivity contribution in [3.8, 4) is 5.75 Å². The van der Waals surface area contributed by atoms with E-state index in [0.717, 1.165) is 0 Å². The molecule has 0 saturated carbocycles. The van der Waals surface area contributed by atoms with E-state index >= 15 is 0 Å². The molecule has 1 aliphatic heterocycles. The molecule has 0 aromatic heterocycles. The van der Waals surface area contributed by atoms with Crippen molar-refractivity contribution in [1.82, 2.24) is 0 Å². The maximum atomic E-state index is 12.3. The van der Waals surface area contributed by atoms with E-state index in [-0.39, 0.29) is 5.75 Å². The van der Waals surface area contributed by atoms with Gasteiger partial charge in [-0.3, -0.25) is 0 Å². The summed E-state index contributed by atoms with van der Waals surface area (Å²) >= 11 is 3.28. The summed E-state index contributed by atoms with van der Waals surface area (Å²) in [4.78, 5) is 0. The molecule has 0 atom stereocenters. The Hall–Kier alpha value is -0.725. The normalized spacial score (nSPS) is 20.3. The standard InChI is InChI=1S/C14H17BBrF3O3/c1-12(2)13(3,4)22-15(21-12)11-6-5-10(7-9(11)8-16)20-14(17,18)19/h5-7H,8H2,1-4H3. The summed E-state index contributed by atoms with van der Waals surface area (Å²) in [6.07, 6.45) is -4.71. The van der Waals surface area contributed by atoms with E-state index in [1.807, 2.05) is 27.7 Å². The van der Waals surface area contributed by atoms with Gasteiger partial charge < -0.3 is 14.0 Å². The smallest absolute Gasteiger partial charge is 0.406 e. The molecule has 0 aliphatic carbocycles. The van der Waals surface area contributed by atoms with Gasteiger partial charge in [0.25, 0.3) is 0 Å². The fourth-order valence-corrected chi connectivity index (χ4v) is 2.58. The van der Waals surface area contributed by atoms with Gasteiger partial charge in [-0.25, -0.2) is 0 Å². The quantitative estimate of drug-likeness (QED) is 0.590. The first kappa shape index (κ1) is 17.6. The van der Waals surface area contributed by atoms with Crippen molar-refractivity contribution in [2.75, 3.05) is 0 Å². The number of ether oxygens (including phenoxy) is 1. The molecule has 0 spiro atoms. The van der Waals surface area contributed by atoms with Crippen molar-refractivity contribution in [3.63, 3.8) is 0 Å². The van der Waals surface area contributed by atoms with E-state index in [1.165, 1.54) is 12.1 Å². The van der Waals surface area contributed by atoms with Gasteiger partial charge in [0.2, 0.25) is 0 Å². The van der Waals surface area contributed by atoms with Crippen molar-refractivity contribution < 1.29 is 27.2 Å². The second-order valence-electron chi connectivity index (χ2n) is 6.13. The third-order valence-corrected chi connectivity index (χ3v) is 4.60. The molecule has 8 heteroatoms. The number of alkyl halides is 4. The summed E-state index contributed by atoms with van der Waals surface area (Å²) in [5, 5.41) is 0.363. The van der Waals surface area contributed by atoms with Crippen LogP contribution in [0.5, 0.6) is 5.75 Å². The van der Waals surface area contributed by atoms with Crippen LogP contribution in [-0.4, -0.2) is 24.7 Å². The Kier molecular flexibility index (Phi) is 4.59. The summed E-state index contributed by atoms with van der Waals surface area (Å²) in [6, 6.07) is 4.14. The molecule has 0 unspecified atom stereocenters. The third-order valence-electron chi connectivity index (χ3n) is 4.00. The van der Waals surface area contributed by atoms with Gasteiger partial charge in [-0.05, 0) is 50.9 Å². The predicted molar refractivity (Wildman–Crippen MR) is 81.5 cm³/mol. The number of hydrogen-bond donors (Lipinski definition) is 0. The molecular weight excluding hydrogens is 364 g/mol. The molecule has 22 heavy (non-hydrogen) atoms. The molecule has 0 N–H and O–H groups in total. The summed E-state index contributed by atoms with van der Waals surface area (Å²) < 4.78 is 52.7. The first-order valence-corrected chi connectivity index (χ1v) is 7.87. The van der Waals surface area contributed by atoms with Gasteiger partial charge in [0, 0.05) is 5.33 Å². The van der Waals surface area contributed by atoms with Gasteiger partial charge in [0.05, 0.1) is 11.2 Å². The summed E-state index contributed by atoms with van der Waals surface area (Å²) in [7, 11) is -0.627. The van der Waals surface area contributed by atoms with Crippen molar-refractivity contribution in [3.05, 3.63) is 23.8 Å². The van der Waals surface area contributed by atoms with Gasteiger partial charge in [0.1, 0.15) is 5.75 Å². The number of hydrogen-bond acceptors (Lipinski definition) is 3. The zero-order valence-electron chi connectivity index (χ0n) is 12.8. The molecular formula is C14H17BBrF3O3. The second kappa shape index (κ2) is 5.72. The highest BCUT2D eigenvalue weighted by atomic mass is 79.9. The molecule has 0 radical (unpaired) electrons. The Morgan fingerprint density at radius 2 is 1.68 bits per heavy atom. The average Bonchev–Trinajstić information content (AvgIpc) is 2.56. The van der Waals surface area contributed by atoms with Gasteiger partial charge in [-0.2, -0.15) is 0 Å². The maximum Gasteiger partial charge on any atom is 0.573 e. The van der Waals surface area contributed by atoms with E-state index in [9.17, 15) is 13.2 Å². The van der Waals surface area contributed by atoms with E-state index in [1.54, 1.807) is 6.07 Å². The molecule has 0 amide bonds. The first-order valence-electron chi connectivity index (χ1n) is 6.75. The van der Waals surface area contributed by atoms with Crippen LogP contribution in [0.3, 0.4) is 0 Å². The third kappa shape index (κ3) is 3.60. The van der Waals surface area contributed by atoms with Crippen LogP contribution >= 0.6 is 15.9 Å². The van der Waals surface area contributed by atoms with Gasteiger partial charge in [-0.1, -0.05) is 22.0 Å². The van der Waals surface area contributed by atoms with Crippen LogP contribution in [0.2, 0.25) is 0 Å². The molecule has 3 nitrogen and oxygen atoms in total. The second-order valence-corrected chi connectivity index (χ2v) is 6.69. The first-order chi connectivity index (χ1) is 9.95. The average molecular weight is 381 g/mol. The zero-order chi connectivity index (χ0) is 16.8. The highest BCUT2D eigenvalue weighted by Crippen LogP contribution is 2.37. The van der Waals surface area contributed by atoms with Crippen LogP contribution in [0.4, 0.5) is 13.2 Å². The van der Waals surface area contributed by atoms with Crippen molar-refractivity contribution in [2.24, 2.45) is 0 Å². The number of halogens is 4. The Morgan fingerprint density at radius 3 is 2.14 bits per heavy atom. The predicted octanol–water partition coefficient (Wildman–Crippen LogP) is 3.78.